The summed E-state index contributed by atoms with van der Waals surface area (Å²) in [5.74, 6) is 2.30. The molecule has 102 valence electrons. The summed E-state index contributed by atoms with van der Waals surface area (Å²) in [5.41, 5.74) is 1.37. The molecule has 1 aromatic rings. The van der Waals surface area contributed by atoms with Crippen molar-refractivity contribution in [2.75, 3.05) is 13.7 Å². The third kappa shape index (κ3) is 4.34. The van der Waals surface area contributed by atoms with Gasteiger partial charge in [-0.15, -0.1) is 0 Å². The number of likely N-dealkylation sites (N-methyl/N-ethyl adjacent to an activating group) is 1. The van der Waals surface area contributed by atoms with Crippen molar-refractivity contribution < 1.29 is 4.74 Å². The van der Waals surface area contributed by atoms with E-state index in [-0.39, 0.29) is 0 Å². The van der Waals surface area contributed by atoms with E-state index in [1.165, 1.54) is 5.56 Å². The van der Waals surface area contributed by atoms with Crippen LogP contribution in [0.5, 0.6) is 5.75 Å². The Bertz CT molecular complexity index is 331. The van der Waals surface area contributed by atoms with Crippen molar-refractivity contribution in [2.24, 2.45) is 11.8 Å². The Labute approximate surface area is 112 Å². The average Bonchev–Trinajstić information content (AvgIpc) is 2.38. The molecule has 0 spiro atoms. The van der Waals surface area contributed by atoms with E-state index in [4.69, 9.17) is 4.74 Å². The van der Waals surface area contributed by atoms with Gasteiger partial charge in [0.2, 0.25) is 0 Å². The van der Waals surface area contributed by atoms with Crippen LogP contribution in [0, 0.1) is 11.8 Å². The number of nitrogens with one attached hydrogen (secondary N) is 1. The van der Waals surface area contributed by atoms with Crippen molar-refractivity contribution in [3.8, 4) is 5.75 Å². The Morgan fingerprint density at radius 1 is 1.11 bits per heavy atom. The van der Waals surface area contributed by atoms with Gasteiger partial charge in [0.1, 0.15) is 5.75 Å². The predicted octanol–water partition coefficient (Wildman–Crippen LogP) is 3.51. The summed E-state index contributed by atoms with van der Waals surface area (Å²) in [5, 5.41) is 3.61. The standard InChI is InChI=1S/C16H27NO/c1-6-17-16(13(4)12(2)3)11-14-7-9-15(18-5)10-8-14/h7-10,12-13,16-17H,6,11H2,1-5H3. The van der Waals surface area contributed by atoms with Gasteiger partial charge in [0, 0.05) is 6.04 Å². The molecule has 1 aromatic carbocycles. The molecule has 0 saturated carbocycles. The first-order valence-corrected chi connectivity index (χ1v) is 6.94. The first-order chi connectivity index (χ1) is 8.58. The van der Waals surface area contributed by atoms with Gasteiger partial charge in [-0.2, -0.15) is 0 Å². The van der Waals surface area contributed by atoms with E-state index in [2.05, 4.69) is 45.1 Å². The van der Waals surface area contributed by atoms with Crippen molar-refractivity contribution >= 4 is 0 Å². The second-order valence-electron chi connectivity index (χ2n) is 5.32. The highest BCUT2D eigenvalue weighted by atomic mass is 16.5. The summed E-state index contributed by atoms with van der Waals surface area (Å²) in [6, 6.07) is 8.95. The Morgan fingerprint density at radius 2 is 1.72 bits per heavy atom. The highest BCUT2D eigenvalue weighted by molar-refractivity contribution is 5.27. The van der Waals surface area contributed by atoms with Gasteiger partial charge in [-0.1, -0.05) is 39.8 Å². The van der Waals surface area contributed by atoms with E-state index in [9.17, 15) is 0 Å². The first-order valence-electron chi connectivity index (χ1n) is 6.94. The SMILES string of the molecule is CCNC(Cc1ccc(OC)cc1)C(C)C(C)C. The minimum atomic E-state index is 0.545. The molecule has 1 N–H and O–H groups in total. The third-order valence-corrected chi connectivity index (χ3v) is 3.77. The number of methoxy groups -OCH3 is 1. The molecule has 0 bridgehead atoms. The third-order valence-electron chi connectivity index (χ3n) is 3.77. The molecule has 18 heavy (non-hydrogen) atoms. The minimum Gasteiger partial charge on any atom is -0.497 e. The maximum Gasteiger partial charge on any atom is 0.118 e. The van der Waals surface area contributed by atoms with Gasteiger partial charge in [0.15, 0.2) is 0 Å². The fourth-order valence-corrected chi connectivity index (χ4v) is 2.19. The van der Waals surface area contributed by atoms with Gasteiger partial charge in [0.25, 0.3) is 0 Å². The van der Waals surface area contributed by atoms with Gasteiger partial charge in [-0.3, -0.25) is 0 Å². The quantitative estimate of drug-likeness (QED) is 0.798. The number of ether oxygens (including phenoxy) is 1. The summed E-state index contributed by atoms with van der Waals surface area (Å²) in [6.07, 6.45) is 1.08. The van der Waals surface area contributed by atoms with E-state index in [0.29, 0.717) is 17.9 Å². The second-order valence-corrected chi connectivity index (χ2v) is 5.32. The van der Waals surface area contributed by atoms with E-state index in [1.54, 1.807) is 7.11 Å². The molecule has 0 amide bonds. The van der Waals surface area contributed by atoms with Crippen molar-refractivity contribution in [1.82, 2.24) is 5.32 Å². The fraction of sp³-hybridized carbons (Fsp3) is 0.625. The van der Waals surface area contributed by atoms with Crippen molar-refractivity contribution in [3.05, 3.63) is 29.8 Å². The minimum absolute atomic E-state index is 0.545. The Hall–Kier alpha value is -1.02. The van der Waals surface area contributed by atoms with Crippen LogP contribution in [-0.4, -0.2) is 19.7 Å². The largest absolute Gasteiger partial charge is 0.497 e. The highest BCUT2D eigenvalue weighted by Crippen LogP contribution is 2.19. The molecule has 2 unspecified atom stereocenters. The molecular weight excluding hydrogens is 222 g/mol. The molecule has 0 heterocycles. The molecule has 0 radical (unpaired) electrons. The number of hydrogen-bond donors (Lipinski definition) is 1. The van der Waals surface area contributed by atoms with Crippen LogP contribution in [0.2, 0.25) is 0 Å². The summed E-state index contributed by atoms with van der Waals surface area (Å²) in [6.45, 7) is 10.1. The van der Waals surface area contributed by atoms with Gasteiger partial charge in [-0.05, 0) is 42.5 Å². The number of benzene rings is 1. The molecule has 0 aliphatic heterocycles. The summed E-state index contributed by atoms with van der Waals surface area (Å²) >= 11 is 0. The predicted molar refractivity (Wildman–Crippen MR) is 78.2 cm³/mol. The molecule has 2 nitrogen and oxygen atoms in total. The molecule has 0 saturated heterocycles. The molecule has 0 aliphatic rings. The lowest BCUT2D eigenvalue weighted by atomic mass is 9.86. The van der Waals surface area contributed by atoms with E-state index in [0.717, 1.165) is 18.7 Å². The van der Waals surface area contributed by atoms with Crippen molar-refractivity contribution in [3.63, 3.8) is 0 Å². The van der Waals surface area contributed by atoms with Crippen LogP contribution >= 0.6 is 0 Å². The summed E-state index contributed by atoms with van der Waals surface area (Å²) in [4.78, 5) is 0. The van der Waals surface area contributed by atoms with Crippen LogP contribution in [0.4, 0.5) is 0 Å². The smallest absolute Gasteiger partial charge is 0.118 e. The summed E-state index contributed by atoms with van der Waals surface area (Å²) in [7, 11) is 1.71. The molecule has 2 heteroatoms. The fourth-order valence-electron chi connectivity index (χ4n) is 2.19. The van der Waals surface area contributed by atoms with E-state index >= 15 is 0 Å². The zero-order valence-electron chi connectivity index (χ0n) is 12.4. The highest BCUT2D eigenvalue weighted by Gasteiger charge is 2.19. The van der Waals surface area contributed by atoms with Gasteiger partial charge in [0.05, 0.1) is 7.11 Å². The van der Waals surface area contributed by atoms with Crippen LogP contribution in [-0.2, 0) is 6.42 Å². The Balaban J connectivity index is 2.69. The van der Waals surface area contributed by atoms with E-state index < -0.39 is 0 Å². The van der Waals surface area contributed by atoms with Crippen LogP contribution in [0.1, 0.15) is 33.3 Å². The van der Waals surface area contributed by atoms with Crippen LogP contribution < -0.4 is 10.1 Å². The lowest BCUT2D eigenvalue weighted by Crippen LogP contribution is -2.38. The maximum absolute atomic E-state index is 5.19. The van der Waals surface area contributed by atoms with E-state index in [1.807, 2.05) is 12.1 Å². The topological polar surface area (TPSA) is 21.3 Å². The number of rotatable bonds is 7. The first kappa shape index (κ1) is 15.0. The van der Waals surface area contributed by atoms with Crippen LogP contribution in [0.3, 0.4) is 0 Å². The molecular formula is C16H27NO. The molecule has 0 fully saturated rings. The zero-order valence-corrected chi connectivity index (χ0v) is 12.4. The average molecular weight is 249 g/mol. The Morgan fingerprint density at radius 3 is 2.17 bits per heavy atom. The Kier molecular flexibility index (Phi) is 6.20. The zero-order chi connectivity index (χ0) is 13.5. The second kappa shape index (κ2) is 7.42. The maximum atomic E-state index is 5.19. The van der Waals surface area contributed by atoms with Gasteiger partial charge < -0.3 is 10.1 Å². The monoisotopic (exact) mass is 249 g/mol. The lowest BCUT2D eigenvalue weighted by Gasteiger charge is -2.28. The lowest BCUT2D eigenvalue weighted by molar-refractivity contribution is 0.300. The normalized spacial score (nSPS) is 14.6. The van der Waals surface area contributed by atoms with Crippen LogP contribution in [0.15, 0.2) is 24.3 Å². The summed E-state index contributed by atoms with van der Waals surface area (Å²) < 4.78 is 5.19. The van der Waals surface area contributed by atoms with Gasteiger partial charge >= 0.3 is 0 Å². The molecule has 0 aromatic heterocycles. The van der Waals surface area contributed by atoms with Crippen LogP contribution in [0.25, 0.3) is 0 Å². The van der Waals surface area contributed by atoms with Crippen molar-refractivity contribution in [1.29, 1.82) is 0 Å². The molecule has 2 atom stereocenters. The van der Waals surface area contributed by atoms with Gasteiger partial charge in [-0.25, -0.2) is 0 Å². The number of hydrogen-bond acceptors (Lipinski definition) is 2. The van der Waals surface area contributed by atoms with Crippen molar-refractivity contribution in [2.45, 2.75) is 40.2 Å². The molecule has 1 rings (SSSR count). The molecule has 0 aliphatic carbocycles.